The largest absolute Gasteiger partial charge is 0.508 e. The number of carbonyl (C=O) groups is 4. The van der Waals surface area contributed by atoms with E-state index in [0.29, 0.717) is 11.1 Å². The van der Waals surface area contributed by atoms with Crippen LogP contribution in [0.5, 0.6) is 11.5 Å². The molecule has 0 fully saturated rings. The summed E-state index contributed by atoms with van der Waals surface area (Å²) >= 11 is 0. The van der Waals surface area contributed by atoms with E-state index < -0.39 is 41.6 Å². The Morgan fingerprint density at radius 1 is 0.925 bits per heavy atom. The van der Waals surface area contributed by atoms with Crippen LogP contribution in [0.3, 0.4) is 0 Å². The van der Waals surface area contributed by atoms with E-state index in [9.17, 15) is 29.4 Å². The number of hydrogen-bond acceptors (Lipinski definition) is 8. The van der Waals surface area contributed by atoms with Crippen molar-refractivity contribution in [3.63, 3.8) is 0 Å². The fraction of sp³-hybridized carbons (Fsp3) is 0.448. The first-order chi connectivity index (χ1) is 18.8. The lowest BCUT2D eigenvalue weighted by Gasteiger charge is -2.34. The molecule has 0 heterocycles. The molecule has 0 aliphatic carbocycles. The van der Waals surface area contributed by atoms with Crippen molar-refractivity contribution in [3.05, 3.63) is 59.7 Å². The highest BCUT2D eigenvalue weighted by Crippen LogP contribution is 2.25. The molecule has 2 unspecified atom stereocenters. The summed E-state index contributed by atoms with van der Waals surface area (Å²) in [6.45, 7) is 8.77. The predicted molar refractivity (Wildman–Crippen MR) is 147 cm³/mol. The SMILES string of the molecule is CCOC(=O)CCNC(=O)C(c1ccc(O)cc1)N(CC)C(=O)C(Cc1ccc(O)cc1)NC(=O)OC(C)(C)C. The molecule has 0 radical (unpaired) electrons. The van der Waals surface area contributed by atoms with Crippen LogP contribution in [0.2, 0.25) is 0 Å². The van der Waals surface area contributed by atoms with Gasteiger partial charge in [0, 0.05) is 19.5 Å². The highest BCUT2D eigenvalue weighted by molar-refractivity contribution is 5.92. The van der Waals surface area contributed by atoms with E-state index in [1.54, 1.807) is 46.8 Å². The number of likely N-dealkylation sites (N-methyl/N-ethyl adjacent to an activating group) is 1. The van der Waals surface area contributed by atoms with Gasteiger partial charge in [-0.2, -0.15) is 0 Å². The van der Waals surface area contributed by atoms with E-state index in [1.165, 1.54) is 41.3 Å². The average Bonchev–Trinajstić information content (AvgIpc) is 2.87. The smallest absolute Gasteiger partial charge is 0.408 e. The number of carbonyl (C=O) groups excluding carboxylic acids is 4. The number of esters is 1. The van der Waals surface area contributed by atoms with Gasteiger partial charge in [0.1, 0.15) is 29.2 Å². The normalized spacial score (nSPS) is 12.5. The van der Waals surface area contributed by atoms with Crippen LogP contribution >= 0.6 is 0 Å². The van der Waals surface area contributed by atoms with E-state index in [0.717, 1.165) is 0 Å². The van der Waals surface area contributed by atoms with Gasteiger partial charge in [-0.05, 0) is 70.0 Å². The van der Waals surface area contributed by atoms with E-state index >= 15 is 0 Å². The van der Waals surface area contributed by atoms with Gasteiger partial charge in [-0.15, -0.1) is 0 Å². The summed E-state index contributed by atoms with van der Waals surface area (Å²) in [5.74, 6) is -1.54. The maximum atomic E-state index is 14.0. The fourth-order valence-electron chi connectivity index (χ4n) is 3.93. The van der Waals surface area contributed by atoms with Crippen molar-refractivity contribution in [2.45, 2.75) is 65.1 Å². The van der Waals surface area contributed by atoms with Gasteiger partial charge in [0.15, 0.2) is 0 Å². The van der Waals surface area contributed by atoms with Crippen molar-refractivity contribution in [3.8, 4) is 11.5 Å². The van der Waals surface area contributed by atoms with Gasteiger partial charge in [-0.1, -0.05) is 24.3 Å². The van der Waals surface area contributed by atoms with Gasteiger partial charge >= 0.3 is 12.1 Å². The molecule has 3 amide bonds. The summed E-state index contributed by atoms with van der Waals surface area (Å²) in [6.07, 6.45) is -0.798. The molecule has 11 nitrogen and oxygen atoms in total. The molecule has 0 aromatic heterocycles. The second-order valence-electron chi connectivity index (χ2n) is 10.0. The first-order valence-corrected chi connectivity index (χ1v) is 13.1. The van der Waals surface area contributed by atoms with Crippen molar-refractivity contribution in [2.75, 3.05) is 19.7 Å². The highest BCUT2D eigenvalue weighted by atomic mass is 16.6. The average molecular weight is 558 g/mol. The van der Waals surface area contributed by atoms with Crippen molar-refractivity contribution >= 4 is 23.9 Å². The molecule has 40 heavy (non-hydrogen) atoms. The molecule has 0 saturated heterocycles. The zero-order valence-corrected chi connectivity index (χ0v) is 23.6. The minimum atomic E-state index is -1.14. The Morgan fingerprint density at radius 2 is 1.50 bits per heavy atom. The monoisotopic (exact) mass is 557 g/mol. The number of benzene rings is 2. The number of aromatic hydroxyl groups is 2. The summed E-state index contributed by atoms with van der Waals surface area (Å²) in [4.78, 5) is 53.2. The molecular formula is C29H39N3O8. The van der Waals surface area contributed by atoms with Crippen molar-refractivity contribution in [2.24, 2.45) is 0 Å². The molecule has 0 spiro atoms. The Bertz CT molecular complexity index is 1140. The lowest BCUT2D eigenvalue weighted by atomic mass is 10.00. The molecule has 2 rings (SSSR count). The zero-order valence-electron chi connectivity index (χ0n) is 23.6. The van der Waals surface area contributed by atoms with Crippen LogP contribution in [-0.2, 0) is 30.3 Å². The van der Waals surface area contributed by atoms with Crippen LogP contribution < -0.4 is 10.6 Å². The van der Waals surface area contributed by atoms with E-state index in [-0.39, 0.29) is 44.0 Å². The lowest BCUT2D eigenvalue weighted by Crippen LogP contribution is -2.53. The standard InChI is InChI=1S/C29H39N3O8/c1-6-32(25(20-10-14-22(34)15-11-20)26(36)30-17-16-24(35)39-7-2)27(37)23(31-28(38)40-29(3,4)5)18-19-8-12-21(33)13-9-19/h8-15,23,25,33-34H,6-7,16-18H2,1-5H3,(H,30,36)(H,31,38). The van der Waals surface area contributed by atoms with Crippen LogP contribution in [0.4, 0.5) is 4.79 Å². The van der Waals surface area contributed by atoms with E-state index in [1.807, 2.05) is 0 Å². The first-order valence-electron chi connectivity index (χ1n) is 13.1. The molecule has 2 aromatic carbocycles. The predicted octanol–water partition coefficient (Wildman–Crippen LogP) is 3.19. The number of rotatable bonds is 12. The fourth-order valence-corrected chi connectivity index (χ4v) is 3.93. The number of phenolic OH excluding ortho intramolecular Hbond substituents is 2. The molecule has 11 heteroatoms. The molecule has 4 N–H and O–H groups in total. The molecule has 0 aliphatic rings. The maximum absolute atomic E-state index is 14.0. The maximum Gasteiger partial charge on any atom is 0.408 e. The second kappa shape index (κ2) is 14.8. The molecule has 0 aliphatic heterocycles. The Morgan fingerprint density at radius 3 is 2.02 bits per heavy atom. The topological polar surface area (TPSA) is 154 Å². The summed E-state index contributed by atoms with van der Waals surface area (Å²) in [5, 5.41) is 24.8. The van der Waals surface area contributed by atoms with Crippen LogP contribution in [0.1, 0.15) is 58.2 Å². The lowest BCUT2D eigenvalue weighted by molar-refractivity contribution is -0.144. The number of nitrogens with one attached hydrogen (secondary N) is 2. The third kappa shape index (κ3) is 10.1. The summed E-state index contributed by atoms with van der Waals surface area (Å²) in [7, 11) is 0. The Balaban J connectivity index is 2.40. The minimum Gasteiger partial charge on any atom is -0.508 e. The number of alkyl carbamates (subject to hydrolysis) is 1. The molecule has 2 atom stereocenters. The number of nitrogens with zero attached hydrogens (tertiary/aromatic N) is 1. The number of hydrogen-bond donors (Lipinski definition) is 4. The third-order valence-electron chi connectivity index (χ3n) is 5.69. The minimum absolute atomic E-state index is 0.00884. The Hall–Kier alpha value is -4.28. The van der Waals surface area contributed by atoms with Crippen LogP contribution in [0.15, 0.2) is 48.5 Å². The van der Waals surface area contributed by atoms with Gasteiger partial charge < -0.3 is 35.2 Å². The van der Waals surface area contributed by atoms with Gasteiger partial charge in [-0.25, -0.2) is 4.79 Å². The molecule has 0 saturated carbocycles. The third-order valence-corrected chi connectivity index (χ3v) is 5.69. The van der Waals surface area contributed by atoms with Crippen LogP contribution in [0, 0.1) is 0 Å². The summed E-state index contributed by atoms with van der Waals surface area (Å²) in [6, 6.07) is 9.79. The molecule has 218 valence electrons. The second-order valence-corrected chi connectivity index (χ2v) is 10.0. The van der Waals surface area contributed by atoms with Crippen LogP contribution in [0.25, 0.3) is 0 Å². The van der Waals surface area contributed by atoms with E-state index in [2.05, 4.69) is 10.6 Å². The Kier molecular flexibility index (Phi) is 11.8. The number of phenols is 2. The van der Waals surface area contributed by atoms with E-state index in [4.69, 9.17) is 9.47 Å². The van der Waals surface area contributed by atoms with Crippen LogP contribution in [-0.4, -0.2) is 70.3 Å². The zero-order chi connectivity index (χ0) is 29.9. The number of ether oxygens (including phenoxy) is 2. The quantitative estimate of drug-likeness (QED) is 0.290. The molecular weight excluding hydrogens is 518 g/mol. The first kappa shape index (κ1) is 31.9. The van der Waals surface area contributed by atoms with Gasteiger partial charge in [0.05, 0.1) is 13.0 Å². The summed E-state index contributed by atoms with van der Waals surface area (Å²) in [5.41, 5.74) is 0.263. The molecule has 2 aromatic rings. The van der Waals surface area contributed by atoms with Gasteiger partial charge in [-0.3, -0.25) is 14.4 Å². The Labute approximate surface area is 234 Å². The molecule has 0 bridgehead atoms. The van der Waals surface area contributed by atoms with Crippen molar-refractivity contribution in [1.82, 2.24) is 15.5 Å². The van der Waals surface area contributed by atoms with Gasteiger partial charge in [0.25, 0.3) is 0 Å². The summed E-state index contributed by atoms with van der Waals surface area (Å²) < 4.78 is 10.3. The van der Waals surface area contributed by atoms with Crippen molar-refractivity contribution < 1.29 is 38.9 Å². The number of amides is 3. The highest BCUT2D eigenvalue weighted by Gasteiger charge is 2.35. The van der Waals surface area contributed by atoms with Gasteiger partial charge in [0.2, 0.25) is 11.8 Å². The van der Waals surface area contributed by atoms with Crippen molar-refractivity contribution in [1.29, 1.82) is 0 Å².